The summed E-state index contributed by atoms with van der Waals surface area (Å²) in [6, 6.07) is 12.0. The lowest BCUT2D eigenvalue weighted by Gasteiger charge is -2.28. The standard InChI is InChI=1S/C20H24N2O5S/c1-5-27-19-11-9-18(10-12-19)22(28(4,25)26)14(2)20(24)21-17-8-6-7-16(13-17)15(3)23/h6-14H,5H2,1-4H3,(H,21,24)/t14-/m0/s1. The Morgan fingerprint density at radius 2 is 1.79 bits per heavy atom. The van der Waals surface area contributed by atoms with Crippen LogP contribution in [0.1, 0.15) is 31.1 Å². The number of amides is 1. The molecule has 1 N–H and O–H groups in total. The van der Waals surface area contributed by atoms with E-state index in [2.05, 4.69) is 5.32 Å². The molecule has 0 spiro atoms. The van der Waals surface area contributed by atoms with E-state index in [4.69, 9.17) is 4.74 Å². The van der Waals surface area contributed by atoms with Crippen LogP contribution in [0.5, 0.6) is 5.75 Å². The highest BCUT2D eigenvalue weighted by atomic mass is 32.2. The number of Topliss-reactive ketones (excluding diaryl/α,β-unsaturated/α-hetero) is 1. The number of rotatable bonds is 8. The van der Waals surface area contributed by atoms with Crippen molar-refractivity contribution in [2.75, 3.05) is 22.5 Å². The number of hydrogen-bond acceptors (Lipinski definition) is 5. The maximum absolute atomic E-state index is 12.7. The second-order valence-electron chi connectivity index (χ2n) is 6.29. The van der Waals surface area contributed by atoms with Gasteiger partial charge in [0.2, 0.25) is 15.9 Å². The van der Waals surface area contributed by atoms with Gasteiger partial charge in [-0.3, -0.25) is 13.9 Å². The average molecular weight is 404 g/mol. The molecule has 2 rings (SSSR count). The number of carbonyl (C=O) groups is 2. The number of nitrogens with one attached hydrogen (secondary N) is 1. The van der Waals surface area contributed by atoms with Crippen molar-refractivity contribution in [2.45, 2.75) is 26.8 Å². The molecule has 2 aromatic rings. The normalized spacial score (nSPS) is 12.1. The first-order valence-electron chi connectivity index (χ1n) is 8.77. The topological polar surface area (TPSA) is 92.8 Å². The fraction of sp³-hybridized carbons (Fsp3) is 0.300. The van der Waals surface area contributed by atoms with E-state index in [0.717, 1.165) is 10.6 Å². The molecule has 0 unspecified atom stereocenters. The first-order valence-corrected chi connectivity index (χ1v) is 10.6. The molecule has 0 saturated heterocycles. The van der Waals surface area contributed by atoms with Gasteiger partial charge in [0, 0.05) is 11.3 Å². The van der Waals surface area contributed by atoms with Crippen molar-refractivity contribution in [3.05, 3.63) is 54.1 Å². The van der Waals surface area contributed by atoms with Gasteiger partial charge in [-0.25, -0.2) is 8.42 Å². The number of ether oxygens (including phenoxy) is 1. The summed E-state index contributed by atoms with van der Waals surface area (Å²) in [5, 5.41) is 2.67. The van der Waals surface area contributed by atoms with E-state index in [0.29, 0.717) is 29.3 Å². The van der Waals surface area contributed by atoms with Crippen LogP contribution in [0.15, 0.2) is 48.5 Å². The average Bonchev–Trinajstić information content (AvgIpc) is 2.62. The van der Waals surface area contributed by atoms with Crippen molar-refractivity contribution in [1.82, 2.24) is 0 Å². The number of benzene rings is 2. The van der Waals surface area contributed by atoms with Crippen molar-refractivity contribution in [3.63, 3.8) is 0 Å². The fourth-order valence-electron chi connectivity index (χ4n) is 2.73. The molecular formula is C20H24N2O5S. The minimum Gasteiger partial charge on any atom is -0.494 e. The Balaban J connectivity index is 2.27. The molecule has 0 radical (unpaired) electrons. The van der Waals surface area contributed by atoms with Gasteiger partial charge in [-0.15, -0.1) is 0 Å². The van der Waals surface area contributed by atoms with Crippen LogP contribution < -0.4 is 14.4 Å². The van der Waals surface area contributed by atoms with Crippen molar-refractivity contribution >= 4 is 33.1 Å². The van der Waals surface area contributed by atoms with Gasteiger partial charge in [0.15, 0.2) is 5.78 Å². The maximum atomic E-state index is 12.7. The molecule has 8 heteroatoms. The quantitative estimate of drug-likeness (QED) is 0.683. The Morgan fingerprint density at radius 3 is 2.32 bits per heavy atom. The van der Waals surface area contributed by atoms with Gasteiger partial charge >= 0.3 is 0 Å². The number of carbonyl (C=O) groups excluding carboxylic acids is 2. The van der Waals surface area contributed by atoms with Gasteiger partial charge in [-0.1, -0.05) is 12.1 Å². The first-order chi connectivity index (χ1) is 13.1. The van der Waals surface area contributed by atoms with Crippen molar-refractivity contribution in [1.29, 1.82) is 0 Å². The Morgan fingerprint density at radius 1 is 1.14 bits per heavy atom. The SMILES string of the molecule is CCOc1ccc(N([C@@H](C)C(=O)Nc2cccc(C(C)=O)c2)S(C)(=O)=O)cc1. The molecule has 150 valence electrons. The first kappa shape index (κ1) is 21.4. The second-order valence-corrected chi connectivity index (χ2v) is 8.15. The lowest BCUT2D eigenvalue weighted by molar-refractivity contribution is -0.116. The molecule has 28 heavy (non-hydrogen) atoms. The van der Waals surface area contributed by atoms with Crippen molar-refractivity contribution < 1.29 is 22.7 Å². The van der Waals surface area contributed by atoms with Crippen LogP contribution in [0, 0.1) is 0 Å². The minimum atomic E-state index is -3.72. The molecule has 0 fully saturated rings. The zero-order chi connectivity index (χ0) is 20.9. The van der Waals surface area contributed by atoms with Crippen molar-refractivity contribution in [2.24, 2.45) is 0 Å². The van der Waals surface area contributed by atoms with E-state index in [-0.39, 0.29) is 5.78 Å². The highest BCUT2D eigenvalue weighted by molar-refractivity contribution is 7.92. The summed E-state index contributed by atoms with van der Waals surface area (Å²) in [6.07, 6.45) is 1.05. The van der Waals surface area contributed by atoms with Gasteiger partial charge in [0.05, 0.1) is 18.6 Å². The van der Waals surface area contributed by atoms with Crippen LogP contribution in [-0.4, -0.2) is 39.0 Å². The predicted octanol–water partition coefficient (Wildman–Crippen LogP) is 3.08. The van der Waals surface area contributed by atoms with Crippen LogP contribution in [0.4, 0.5) is 11.4 Å². The van der Waals surface area contributed by atoms with Crippen LogP contribution in [-0.2, 0) is 14.8 Å². The van der Waals surface area contributed by atoms with Gasteiger partial charge in [-0.05, 0) is 57.2 Å². The molecule has 7 nitrogen and oxygen atoms in total. The number of anilines is 2. The van der Waals surface area contributed by atoms with Crippen LogP contribution in [0.25, 0.3) is 0 Å². The Bertz CT molecular complexity index is 955. The number of sulfonamides is 1. The lowest BCUT2D eigenvalue weighted by atomic mass is 10.1. The third-order valence-corrected chi connectivity index (χ3v) is 5.27. The van der Waals surface area contributed by atoms with E-state index in [9.17, 15) is 18.0 Å². The molecule has 0 saturated carbocycles. The Labute approximate surface area is 165 Å². The van der Waals surface area contributed by atoms with Crippen LogP contribution in [0.2, 0.25) is 0 Å². The molecule has 0 aromatic heterocycles. The zero-order valence-corrected chi connectivity index (χ0v) is 17.1. The molecule has 0 heterocycles. The van der Waals surface area contributed by atoms with E-state index in [1.54, 1.807) is 48.5 Å². The zero-order valence-electron chi connectivity index (χ0n) is 16.3. The van der Waals surface area contributed by atoms with Gasteiger partial charge in [-0.2, -0.15) is 0 Å². The van der Waals surface area contributed by atoms with Gasteiger partial charge < -0.3 is 10.1 Å². The summed E-state index contributed by atoms with van der Waals surface area (Å²) in [6.45, 7) is 5.28. The summed E-state index contributed by atoms with van der Waals surface area (Å²) in [5.41, 5.74) is 1.23. The smallest absolute Gasteiger partial charge is 0.247 e. The molecule has 1 amide bonds. The number of hydrogen-bond donors (Lipinski definition) is 1. The lowest BCUT2D eigenvalue weighted by Crippen LogP contribution is -2.45. The summed E-state index contributed by atoms with van der Waals surface area (Å²) < 4.78 is 31.1. The summed E-state index contributed by atoms with van der Waals surface area (Å²) in [5.74, 6) is -0.0332. The van der Waals surface area contributed by atoms with E-state index >= 15 is 0 Å². The third kappa shape index (κ3) is 5.32. The Hall–Kier alpha value is -2.87. The Kier molecular flexibility index (Phi) is 6.80. The maximum Gasteiger partial charge on any atom is 0.247 e. The molecule has 0 aliphatic rings. The molecule has 2 aromatic carbocycles. The van der Waals surface area contributed by atoms with Crippen molar-refractivity contribution in [3.8, 4) is 5.75 Å². The van der Waals surface area contributed by atoms with E-state index in [1.807, 2.05) is 6.92 Å². The van der Waals surface area contributed by atoms with E-state index in [1.165, 1.54) is 13.8 Å². The molecular weight excluding hydrogens is 380 g/mol. The third-order valence-electron chi connectivity index (χ3n) is 4.03. The molecule has 0 bridgehead atoms. The summed E-state index contributed by atoms with van der Waals surface area (Å²) in [4.78, 5) is 24.2. The largest absolute Gasteiger partial charge is 0.494 e. The predicted molar refractivity (Wildman–Crippen MR) is 109 cm³/mol. The molecule has 0 aliphatic heterocycles. The summed E-state index contributed by atoms with van der Waals surface area (Å²) in [7, 11) is -3.72. The van der Waals surface area contributed by atoms with Crippen LogP contribution in [0.3, 0.4) is 0 Å². The van der Waals surface area contributed by atoms with Gasteiger partial charge in [0.25, 0.3) is 0 Å². The fourth-order valence-corrected chi connectivity index (χ4v) is 3.90. The van der Waals surface area contributed by atoms with Crippen LogP contribution >= 0.6 is 0 Å². The van der Waals surface area contributed by atoms with E-state index < -0.39 is 22.0 Å². The second kappa shape index (κ2) is 8.88. The summed E-state index contributed by atoms with van der Waals surface area (Å²) >= 11 is 0. The van der Waals surface area contributed by atoms with Gasteiger partial charge in [0.1, 0.15) is 11.8 Å². The molecule has 0 aliphatic carbocycles. The monoisotopic (exact) mass is 404 g/mol. The highest BCUT2D eigenvalue weighted by Gasteiger charge is 2.29. The highest BCUT2D eigenvalue weighted by Crippen LogP contribution is 2.24. The number of ketones is 1. The number of nitrogens with zero attached hydrogens (tertiary/aromatic N) is 1. The molecule has 1 atom stereocenters. The minimum absolute atomic E-state index is 0.128.